The Balaban J connectivity index is 2.32. The molecule has 0 spiro atoms. The fourth-order valence-electron chi connectivity index (χ4n) is 1.80. The third-order valence-corrected chi connectivity index (χ3v) is 3.27. The van der Waals surface area contributed by atoms with Gasteiger partial charge in [0.15, 0.2) is 0 Å². The van der Waals surface area contributed by atoms with Gasteiger partial charge >= 0.3 is 0 Å². The van der Waals surface area contributed by atoms with Crippen LogP contribution in [0.2, 0.25) is 0 Å². The third-order valence-electron chi connectivity index (χ3n) is 3.27. The topological polar surface area (TPSA) is 32.3 Å². The summed E-state index contributed by atoms with van der Waals surface area (Å²) in [5.74, 6) is 0.863. The molecule has 2 unspecified atom stereocenters. The average molecular weight is 198 g/mol. The van der Waals surface area contributed by atoms with Crippen LogP contribution in [-0.2, 0) is 4.79 Å². The van der Waals surface area contributed by atoms with Gasteiger partial charge in [-0.05, 0) is 38.8 Å². The molecule has 0 aromatic rings. The Morgan fingerprint density at radius 2 is 2.36 bits per heavy atom. The van der Waals surface area contributed by atoms with E-state index in [4.69, 9.17) is 0 Å². The first-order valence-corrected chi connectivity index (χ1v) is 5.61. The van der Waals surface area contributed by atoms with Crippen molar-refractivity contribution in [3.8, 4) is 0 Å². The van der Waals surface area contributed by atoms with Crippen molar-refractivity contribution in [2.75, 3.05) is 20.1 Å². The average Bonchev–Trinajstić information content (AvgIpc) is 2.68. The second-order valence-corrected chi connectivity index (χ2v) is 4.32. The van der Waals surface area contributed by atoms with Crippen molar-refractivity contribution in [3.63, 3.8) is 0 Å². The molecule has 2 atom stereocenters. The molecule has 0 aliphatic carbocycles. The molecule has 0 radical (unpaired) electrons. The van der Waals surface area contributed by atoms with Crippen LogP contribution in [-0.4, -0.2) is 37.0 Å². The minimum atomic E-state index is 0.299. The second-order valence-electron chi connectivity index (χ2n) is 4.32. The summed E-state index contributed by atoms with van der Waals surface area (Å²) in [4.78, 5) is 13.7. The lowest BCUT2D eigenvalue weighted by molar-refractivity contribution is -0.132. The number of carbonyl (C=O) groups is 1. The molecule has 0 aromatic heterocycles. The summed E-state index contributed by atoms with van der Waals surface area (Å²) in [5, 5.41) is 3.29. The highest BCUT2D eigenvalue weighted by molar-refractivity contribution is 5.76. The van der Waals surface area contributed by atoms with E-state index in [0.717, 1.165) is 25.9 Å². The molecule has 1 heterocycles. The molecule has 1 aliphatic heterocycles. The minimum Gasteiger partial charge on any atom is -0.343 e. The summed E-state index contributed by atoms with van der Waals surface area (Å²) in [6.45, 7) is 6.31. The predicted molar refractivity (Wildman–Crippen MR) is 58.1 cm³/mol. The van der Waals surface area contributed by atoms with E-state index in [1.165, 1.54) is 0 Å². The molecule has 0 bridgehead atoms. The van der Waals surface area contributed by atoms with Gasteiger partial charge in [0, 0.05) is 19.5 Å². The Morgan fingerprint density at radius 1 is 1.64 bits per heavy atom. The Morgan fingerprint density at radius 3 is 2.86 bits per heavy atom. The van der Waals surface area contributed by atoms with Gasteiger partial charge in [0.25, 0.3) is 0 Å². The molecule has 0 saturated carbocycles. The summed E-state index contributed by atoms with van der Waals surface area (Å²) < 4.78 is 0. The van der Waals surface area contributed by atoms with Gasteiger partial charge in [0.05, 0.1) is 0 Å². The number of rotatable bonds is 4. The van der Waals surface area contributed by atoms with Crippen LogP contribution >= 0.6 is 0 Å². The Bertz CT molecular complexity index is 188. The van der Waals surface area contributed by atoms with E-state index < -0.39 is 0 Å². The zero-order valence-electron chi connectivity index (χ0n) is 9.55. The normalized spacial score (nSPS) is 23.5. The molecule has 1 saturated heterocycles. The van der Waals surface area contributed by atoms with Crippen molar-refractivity contribution in [2.45, 2.75) is 39.2 Å². The maximum absolute atomic E-state index is 11.8. The van der Waals surface area contributed by atoms with E-state index in [9.17, 15) is 4.79 Å². The van der Waals surface area contributed by atoms with Gasteiger partial charge in [-0.15, -0.1) is 0 Å². The molecular formula is C11H22N2O. The molecule has 1 rings (SSSR count). The molecule has 1 aliphatic rings. The van der Waals surface area contributed by atoms with Crippen molar-refractivity contribution in [2.24, 2.45) is 5.92 Å². The molecular weight excluding hydrogens is 176 g/mol. The highest BCUT2D eigenvalue weighted by atomic mass is 16.2. The van der Waals surface area contributed by atoms with Gasteiger partial charge in [-0.25, -0.2) is 0 Å². The number of nitrogens with one attached hydrogen (secondary N) is 1. The molecule has 1 N–H and O–H groups in total. The van der Waals surface area contributed by atoms with Gasteiger partial charge in [-0.3, -0.25) is 4.79 Å². The zero-order valence-corrected chi connectivity index (χ0v) is 9.55. The predicted octanol–water partition coefficient (Wildman–Crippen LogP) is 1.24. The minimum absolute atomic E-state index is 0.299. The number of hydrogen-bond donors (Lipinski definition) is 1. The number of hydrogen-bond acceptors (Lipinski definition) is 2. The Hall–Kier alpha value is -0.570. The molecule has 3 nitrogen and oxygen atoms in total. The standard InChI is InChI=1S/C11H22N2O/c1-4-9(2)13(3)11(14)7-10-5-6-12-8-10/h9-10,12H,4-8H2,1-3H3. The lowest BCUT2D eigenvalue weighted by Crippen LogP contribution is -2.35. The van der Waals surface area contributed by atoms with E-state index in [-0.39, 0.29) is 0 Å². The van der Waals surface area contributed by atoms with Gasteiger partial charge in [0.2, 0.25) is 5.91 Å². The van der Waals surface area contributed by atoms with Gasteiger partial charge in [0.1, 0.15) is 0 Å². The monoisotopic (exact) mass is 198 g/mol. The number of amides is 1. The van der Waals surface area contributed by atoms with Crippen LogP contribution < -0.4 is 5.32 Å². The summed E-state index contributed by atoms with van der Waals surface area (Å²) in [5.41, 5.74) is 0. The van der Waals surface area contributed by atoms with Gasteiger partial charge in [-0.2, -0.15) is 0 Å². The summed E-state index contributed by atoms with van der Waals surface area (Å²) in [6.07, 6.45) is 2.90. The fraction of sp³-hybridized carbons (Fsp3) is 0.909. The van der Waals surface area contributed by atoms with E-state index in [1.54, 1.807) is 0 Å². The van der Waals surface area contributed by atoms with Crippen molar-refractivity contribution in [3.05, 3.63) is 0 Å². The van der Waals surface area contributed by atoms with E-state index in [1.807, 2.05) is 11.9 Å². The molecule has 14 heavy (non-hydrogen) atoms. The van der Waals surface area contributed by atoms with Crippen LogP contribution in [0.25, 0.3) is 0 Å². The lowest BCUT2D eigenvalue weighted by Gasteiger charge is -2.25. The maximum Gasteiger partial charge on any atom is 0.222 e. The number of nitrogens with zero attached hydrogens (tertiary/aromatic N) is 1. The van der Waals surface area contributed by atoms with Gasteiger partial charge < -0.3 is 10.2 Å². The summed E-state index contributed by atoms with van der Waals surface area (Å²) >= 11 is 0. The van der Waals surface area contributed by atoms with Crippen LogP contribution in [0.15, 0.2) is 0 Å². The molecule has 1 fully saturated rings. The highest BCUT2D eigenvalue weighted by Crippen LogP contribution is 2.14. The van der Waals surface area contributed by atoms with Crippen molar-refractivity contribution in [1.82, 2.24) is 10.2 Å². The van der Waals surface area contributed by atoms with Crippen LogP contribution in [0.3, 0.4) is 0 Å². The highest BCUT2D eigenvalue weighted by Gasteiger charge is 2.21. The van der Waals surface area contributed by atoms with Crippen molar-refractivity contribution >= 4 is 5.91 Å². The van der Waals surface area contributed by atoms with Crippen LogP contribution in [0.5, 0.6) is 0 Å². The van der Waals surface area contributed by atoms with E-state index >= 15 is 0 Å². The van der Waals surface area contributed by atoms with E-state index in [0.29, 0.717) is 24.3 Å². The molecule has 3 heteroatoms. The van der Waals surface area contributed by atoms with Gasteiger partial charge in [-0.1, -0.05) is 6.92 Å². The first-order valence-electron chi connectivity index (χ1n) is 5.61. The summed E-state index contributed by atoms with van der Waals surface area (Å²) in [7, 11) is 1.92. The van der Waals surface area contributed by atoms with Crippen molar-refractivity contribution in [1.29, 1.82) is 0 Å². The van der Waals surface area contributed by atoms with E-state index in [2.05, 4.69) is 19.2 Å². The second kappa shape index (κ2) is 5.35. The number of carbonyl (C=O) groups excluding carboxylic acids is 1. The summed E-state index contributed by atoms with van der Waals surface area (Å²) in [6, 6.07) is 0.372. The third kappa shape index (κ3) is 2.98. The Labute approximate surface area is 86.9 Å². The van der Waals surface area contributed by atoms with Crippen LogP contribution in [0.1, 0.15) is 33.1 Å². The first kappa shape index (κ1) is 11.5. The molecule has 82 valence electrons. The Kier molecular flexibility index (Phi) is 4.39. The largest absolute Gasteiger partial charge is 0.343 e. The van der Waals surface area contributed by atoms with Crippen molar-refractivity contribution < 1.29 is 4.79 Å². The quantitative estimate of drug-likeness (QED) is 0.737. The molecule has 0 aromatic carbocycles. The fourth-order valence-corrected chi connectivity index (χ4v) is 1.80. The van der Waals surface area contributed by atoms with Crippen LogP contribution in [0.4, 0.5) is 0 Å². The zero-order chi connectivity index (χ0) is 10.6. The van der Waals surface area contributed by atoms with Crippen LogP contribution in [0, 0.1) is 5.92 Å². The lowest BCUT2D eigenvalue weighted by atomic mass is 10.0. The first-order chi connectivity index (χ1) is 6.65. The SMILES string of the molecule is CCC(C)N(C)C(=O)CC1CCNC1. The smallest absolute Gasteiger partial charge is 0.222 e. The maximum atomic E-state index is 11.8. The molecule has 1 amide bonds.